The van der Waals surface area contributed by atoms with Gasteiger partial charge in [-0.3, -0.25) is 14.4 Å². The standard InChI is InChI=1S/C32H37N3O5/c1-19-8-6-11-22(16-19)33-29(36)26-25-14-15-32(40-25)27(26)31(38)35(18-21-10-7-12-23(17-21)39-3)28(32)30(37)34-24-13-5-4-9-20(24)2/h6-8,10-12,14-17,20,24-28H,4-5,9,13,18H2,1-3H3,(H,33,36)(H,34,37)/t20-,24-,25+,26+,27+,28-,32-/m0/s1. The van der Waals surface area contributed by atoms with Crippen molar-refractivity contribution in [2.24, 2.45) is 17.8 Å². The molecule has 4 aliphatic rings. The highest BCUT2D eigenvalue weighted by Gasteiger charge is 2.72. The largest absolute Gasteiger partial charge is 0.497 e. The first kappa shape index (κ1) is 26.6. The van der Waals surface area contributed by atoms with Crippen molar-refractivity contribution < 1.29 is 23.9 Å². The van der Waals surface area contributed by atoms with E-state index < -0.39 is 29.6 Å². The maximum Gasteiger partial charge on any atom is 0.246 e. The van der Waals surface area contributed by atoms with Gasteiger partial charge in [0.25, 0.3) is 0 Å². The SMILES string of the molecule is COc1cccc(CN2C(=O)[C@H]3[C@H](C(=O)Nc4cccc(C)c4)[C@H]4C=C[C@@]3(O4)[C@@H]2C(=O)N[C@H]2CCCC[C@@H]2C)c1. The highest BCUT2D eigenvalue weighted by atomic mass is 16.5. The van der Waals surface area contributed by atoms with Crippen molar-refractivity contribution in [3.8, 4) is 5.75 Å². The van der Waals surface area contributed by atoms with Crippen molar-refractivity contribution in [1.29, 1.82) is 0 Å². The molecule has 6 rings (SSSR count). The van der Waals surface area contributed by atoms with Crippen molar-refractivity contribution in [3.05, 3.63) is 71.8 Å². The summed E-state index contributed by atoms with van der Waals surface area (Å²) in [4.78, 5) is 43.6. The zero-order valence-electron chi connectivity index (χ0n) is 23.3. The molecule has 0 radical (unpaired) electrons. The van der Waals surface area contributed by atoms with Crippen LogP contribution in [-0.4, -0.2) is 53.5 Å². The first-order chi connectivity index (χ1) is 19.3. The van der Waals surface area contributed by atoms with Crippen LogP contribution in [0.3, 0.4) is 0 Å². The predicted molar refractivity (Wildman–Crippen MR) is 150 cm³/mol. The molecule has 7 atom stereocenters. The first-order valence-corrected chi connectivity index (χ1v) is 14.3. The molecule has 1 saturated carbocycles. The number of ether oxygens (including phenoxy) is 2. The number of benzene rings is 2. The minimum Gasteiger partial charge on any atom is -0.497 e. The van der Waals surface area contributed by atoms with Gasteiger partial charge in [0.05, 0.1) is 25.0 Å². The number of hydrogen-bond donors (Lipinski definition) is 2. The fourth-order valence-corrected chi connectivity index (χ4v) is 7.15. The van der Waals surface area contributed by atoms with E-state index in [1.54, 1.807) is 12.0 Å². The Bertz CT molecular complexity index is 1360. The lowest BCUT2D eigenvalue weighted by atomic mass is 9.74. The van der Waals surface area contributed by atoms with Gasteiger partial charge in [0.2, 0.25) is 17.7 Å². The molecule has 3 amide bonds. The molecule has 2 bridgehead atoms. The molecule has 1 aliphatic carbocycles. The Morgan fingerprint density at radius 3 is 2.67 bits per heavy atom. The number of rotatable bonds is 7. The number of hydrogen-bond acceptors (Lipinski definition) is 5. The highest BCUT2D eigenvalue weighted by molar-refractivity contribution is 6.02. The van der Waals surface area contributed by atoms with Crippen LogP contribution in [0.2, 0.25) is 0 Å². The van der Waals surface area contributed by atoms with Gasteiger partial charge in [0.15, 0.2) is 0 Å². The molecule has 2 saturated heterocycles. The summed E-state index contributed by atoms with van der Waals surface area (Å²) in [5.41, 5.74) is 1.34. The fraction of sp³-hybridized carbons (Fsp3) is 0.469. The third-order valence-corrected chi connectivity index (χ3v) is 9.14. The lowest BCUT2D eigenvalue weighted by molar-refractivity contribution is -0.142. The van der Waals surface area contributed by atoms with Gasteiger partial charge >= 0.3 is 0 Å². The molecule has 0 unspecified atom stereocenters. The van der Waals surface area contributed by atoms with Crippen LogP contribution in [0.15, 0.2) is 60.7 Å². The van der Waals surface area contributed by atoms with Gasteiger partial charge in [-0.05, 0) is 61.1 Å². The van der Waals surface area contributed by atoms with Gasteiger partial charge in [-0.15, -0.1) is 0 Å². The summed E-state index contributed by atoms with van der Waals surface area (Å²) in [6.45, 7) is 4.34. The Kier molecular flexibility index (Phi) is 6.90. The summed E-state index contributed by atoms with van der Waals surface area (Å²) in [5.74, 6) is -1.23. The Morgan fingerprint density at radius 2 is 1.90 bits per heavy atom. The average Bonchev–Trinajstić information content (AvgIpc) is 3.57. The molecule has 210 valence electrons. The van der Waals surface area contributed by atoms with Gasteiger partial charge in [-0.25, -0.2) is 0 Å². The summed E-state index contributed by atoms with van der Waals surface area (Å²) in [6, 6.07) is 14.2. The smallest absolute Gasteiger partial charge is 0.246 e. The normalized spacial score (nSPS) is 32.2. The third kappa shape index (κ3) is 4.48. The second-order valence-corrected chi connectivity index (χ2v) is 11.8. The number of carbonyl (C=O) groups is 3. The van der Waals surface area contributed by atoms with Crippen molar-refractivity contribution >= 4 is 23.4 Å². The lowest BCUT2D eigenvalue weighted by Crippen LogP contribution is -2.57. The number of likely N-dealkylation sites (tertiary alicyclic amines) is 1. The molecule has 1 spiro atoms. The lowest BCUT2D eigenvalue weighted by Gasteiger charge is -2.36. The maximum absolute atomic E-state index is 14.2. The molecule has 0 aromatic heterocycles. The number of amides is 3. The number of nitrogens with one attached hydrogen (secondary N) is 2. The van der Waals surface area contributed by atoms with Crippen molar-refractivity contribution in [2.75, 3.05) is 12.4 Å². The zero-order chi connectivity index (χ0) is 28.0. The van der Waals surface area contributed by atoms with Crippen LogP contribution >= 0.6 is 0 Å². The Balaban J connectivity index is 1.34. The molecular weight excluding hydrogens is 506 g/mol. The molecule has 3 fully saturated rings. The van der Waals surface area contributed by atoms with Crippen LogP contribution in [0.25, 0.3) is 0 Å². The van der Waals surface area contributed by atoms with Crippen LogP contribution in [0.5, 0.6) is 5.75 Å². The Labute approximate surface area is 235 Å². The van der Waals surface area contributed by atoms with Gasteiger partial charge in [0, 0.05) is 18.3 Å². The summed E-state index contributed by atoms with van der Waals surface area (Å²) in [7, 11) is 1.60. The second-order valence-electron chi connectivity index (χ2n) is 11.8. The first-order valence-electron chi connectivity index (χ1n) is 14.3. The third-order valence-electron chi connectivity index (χ3n) is 9.14. The van der Waals surface area contributed by atoms with E-state index >= 15 is 0 Å². The molecule has 8 heteroatoms. The summed E-state index contributed by atoms with van der Waals surface area (Å²) < 4.78 is 11.9. The molecular formula is C32H37N3O5. The van der Waals surface area contributed by atoms with E-state index in [-0.39, 0.29) is 30.3 Å². The fourth-order valence-electron chi connectivity index (χ4n) is 7.15. The number of nitrogens with zero attached hydrogens (tertiary/aromatic N) is 1. The van der Waals surface area contributed by atoms with Gasteiger partial charge < -0.3 is 25.0 Å². The van der Waals surface area contributed by atoms with E-state index in [1.807, 2.05) is 67.6 Å². The van der Waals surface area contributed by atoms with Crippen molar-refractivity contribution in [3.63, 3.8) is 0 Å². The van der Waals surface area contributed by atoms with E-state index in [9.17, 15) is 14.4 Å². The molecule has 40 heavy (non-hydrogen) atoms. The Morgan fingerprint density at radius 1 is 1.10 bits per heavy atom. The molecule has 3 heterocycles. The van der Waals surface area contributed by atoms with Crippen LogP contribution < -0.4 is 15.4 Å². The quantitative estimate of drug-likeness (QED) is 0.515. The van der Waals surface area contributed by atoms with Gasteiger partial charge in [-0.1, -0.05) is 56.2 Å². The van der Waals surface area contributed by atoms with Gasteiger partial charge in [0.1, 0.15) is 17.4 Å². The molecule has 2 aromatic carbocycles. The number of aryl methyl sites for hydroxylation is 1. The van der Waals surface area contributed by atoms with Crippen LogP contribution in [0.4, 0.5) is 5.69 Å². The van der Waals surface area contributed by atoms with Crippen molar-refractivity contribution in [1.82, 2.24) is 10.2 Å². The van der Waals surface area contributed by atoms with Crippen molar-refractivity contribution in [2.45, 2.75) is 69.9 Å². The summed E-state index contributed by atoms with van der Waals surface area (Å²) in [5, 5.41) is 6.27. The number of anilines is 1. The van der Waals surface area contributed by atoms with Gasteiger partial charge in [-0.2, -0.15) is 0 Å². The zero-order valence-corrected chi connectivity index (χ0v) is 23.3. The molecule has 3 aliphatic heterocycles. The minimum absolute atomic E-state index is 0.0495. The number of methoxy groups -OCH3 is 1. The Hall–Kier alpha value is -3.65. The minimum atomic E-state index is -1.20. The maximum atomic E-state index is 14.2. The van der Waals surface area contributed by atoms with E-state index in [1.165, 1.54) is 0 Å². The number of fused-ring (bicyclic) bond motifs is 1. The van der Waals surface area contributed by atoms with E-state index in [2.05, 4.69) is 17.6 Å². The molecule has 8 nitrogen and oxygen atoms in total. The monoisotopic (exact) mass is 543 g/mol. The van der Waals surface area contributed by atoms with E-state index in [0.29, 0.717) is 17.4 Å². The number of carbonyl (C=O) groups excluding carboxylic acids is 3. The van der Waals surface area contributed by atoms with Crippen LogP contribution in [0, 0.1) is 24.7 Å². The summed E-state index contributed by atoms with van der Waals surface area (Å²) in [6.07, 6.45) is 7.35. The summed E-state index contributed by atoms with van der Waals surface area (Å²) >= 11 is 0. The molecule has 2 aromatic rings. The second kappa shape index (κ2) is 10.4. The predicted octanol–water partition coefficient (Wildman–Crippen LogP) is 3.99. The van der Waals surface area contributed by atoms with E-state index in [0.717, 1.165) is 36.8 Å². The molecule has 2 N–H and O–H groups in total. The average molecular weight is 544 g/mol. The topological polar surface area (TPSA) is 97.0 Å². The highest BCUT2D eigenvalue weighted by Crippen LogP contribution is 2.55. The van der Waals surface area contributed by atoms with Crippen LogP contribution in [0.1, 0.15) is 43.7 Å². The van der Waals surface area contributed by atoms with Crippen LogP contribution in [-0.2, 0) is 25.7 Å². The van der Waals surface area contributed by atoms with E-state index in [4.69, 9.17) is 9.47 Å².